The molecule has 1 unspecified atom stereocenters. The first kappa shape index (κ1) is 37.9. The van der Waals surface area contributed by atoms with Crippen LogP contribution in [0.1, 0.15) is 56.4 Å². The van der Waals surface area contributed by atoms with Crippen LogP contribution in [0.2, 0.25) is 0 Å². The van der Waals surface area contributed by atoms with E-state index in [9.17, 15) is 4.57 Å². The smallest absolute Gasteiger partial charge is 0.354 e. The third-order valence-electron chi connectivity index (χ3n) is 8.33. The van der Waals surface area contributed by atoms with Crippen LogP contribution in [0.3, 0.4) is 0 Å². The zero-order valence-electron chi connectivity index (χ0n) is 29.6. The van der Waals surface area contributed by atoms with Crippen LogP contribution < -0.4 is 0 Å². The fourth-order valence-electron chi connectivity index (χ4n) is 6.12. The maximum atomic E-state index is 14.0. The fourth-order valence-corrected chi connectivity index (χ4v) is 7.91. The van der Waals surface area contributed by atoms with Gasteiger partial charge in [0.1, 0.15) is 12.2 Å². The van der Waals surface area contributed by atoms with Crippen molar-refractivity contribution in [2.24, 2.45) is 5.92 Å². The Morgan fingerprint density at radius 1 is 0.540 bits per heavy atom. The van der Waals surface area contributed by atoms with Crippen LogP contribution in [-0.2, 0) is 59.0 Å². The molecule has 0 radical (unpaired) electrons. The van der Waals surface area contributed by atoms with Gasteiger partial charge < -0.3 is 28.0 Å². The topological polar surface area (TPSA) is 72.5 Å². The van der Waals surface area contributed by atoms with Crippen LogP contribution in [0.4, 0.5) is 0 Å². The molecule has 1 aliphatic carbocycles. The zero-order chi connectivity index (χ0) is 35.2. The van der Waals surface area contributed by atoms with Crippen molar-refractivity contribution >= 4 is 7.60 Å². The van der Waals surface area contributed by atoms with Crippen LogP contribution in [0.15, 0.2) is 133 Å². The molecule has 0 bridgehead atoms. The van der Waals surface area contributed by atoms with Crippen molar-refractivity contribution in [3.05, 3.63) is 155 Å². The lowest BCUT2D eigenvalue weighted by Crippen LogP contribution is -2.57. The Hall–Kier alpha value is -3.39. The molecule has 5 rings (SSSR count). The van der Waals surface area contributed by atoms with Crippen LogP contribution in [0.5, 0.6) is 0 Å². The number of rotatable bonds is 18. The second kappa shape index (κ2) is 19.3. The summed E-state index contributed by atoms with van der Waals surface area (Å²) in [4.78, 5) is 0. The van der Waals surface area contributed by atoms with Gasteiger partial charge in [0.25, 0.3) is 0 Å². The summed E-state index contributed by atoms with van der Waals surface area (Å²) in [6.07, 6.45) is 0.0208. The highest BCUT2D eigenvalue weighted by Crippen LogP contribution is 2.53. The Kier molecular flexibility index (Phi) is 14.6. The van der Waals surface area contributed by atoms with E-state index in [-0.39, 0.29) is 24.2 Å². The summed E-state index contributed by atoms with van der Waals surface area (Å²) in [5.41, 5.74) is 4.19. The van der Waals surface area contributed by atoms with Gasteiger partial charge in [0.05, 0.1) is 50.8 Å². The van der Waals surface area contributed by atoms with E-state index in [1.807, 2.05) is 131 Å². The Labute approximate surface area is 298 Å². The van der Waals surface area contributed by atoms with E-state index in [1.54, 1.807) is 5.82 Å². The SMILES string of the molecule is CC(C)OP(=O)(/C=C/[C@H]1CC(OCc2ccccc2)[C@@H](OCc2ccccc2)[C@@H](OCc2ccccc2)[C@@H]1OCc1ccccc1)OC(C)C. The van der Waals surface area contributed by atoms with Crippen LogP contribution in [-0.4, -0.2) is 36.6 Å². The second-order valence-electron chi connectivity index (χ2n) is 13.2. The molecule has 0 aliphatic heterocycles. The monoisotopic (exact) mass is 698 g/mol. The summed E-state index contributed by atoms with van der Waals surface area (Å²) in [6, 6.07) is 40.4. The highest BCUT2D eigenvalue weighted by atomic mass is 31.2. The van der Waals surface area contributed by atoms with E-state index in [0.29, 0.717) is 32.8 Å². The average molecular weight is 699 g/mol. The summed E-state index contributed by atoms with van der Waals surface area (Å²) < 4.78 is 53.0. The minimum absolute atomic E-state index is 0.267. The van der Waals surface area contributed by atoms with Gasteiger partial charge in [0.2, 0.25) is 0 Å². The van der Waals surface area contributed by atoms with Gasteiger partial charge in [-0.15, -0.1) is 0 Å². The first-order valence-electron chi connectivity index (χ1n) is 17.6. The Morgan fingerprint density at radius 3 is 1.30 bits per heavy atom. The van der Waals surface area contributed by atoms with E-state index in [0.717, 1.165) is 22.3 Å². The molecule has 1 saturated carbocycles. The van der Waals surface area contributed by atoms with E-state index in [4.69, 9.17) is 28.0 Å². The van der Waals surface area contributed by atoms with Crippen molar-refractivity contribution in [2.75, 3.05) is 0 Å². The Balaban J connectivity index is 1.53. The summed E-state index contributed by atoms with van der Waals surface area (Å²) >= 11 is 0. The molecule has 50 heavy (non-hydrogen) atoms. The number of hydrogen-bond donors (Lipinski definition) is 0. The third kappa shape index (κ3) is 11.9. The number of ether oxygens (including phenoxy) is 4. The molecule has 0 aromatic heterocycles. The predicted molar refractivity (Wildman–Crippen MR) is 197 cm³/mol. The van der Waals surface area contributed by atoms with Crippen molar-refractivity contribution in [1.29, 1.82) is 0 Å². The van der Waals surface area contributed by atoms with Gasteiger partial charge in [0.15, 0.2) is 0 Å². The summed E-state index contributed by atoms with van der Waals surface area (Å²) in [5, 5.41) is 0. The lowest BCUT2D eigenvalue weighted by atomic mass is 9.80. The van der Waals surface area contributed by atoms with Gasteiger partial charge >= 0.3 is 7.60 Å². The molecule has 4 aromatic carbocycles. The van der Waals surface area contributed by atoms with E-state index in [1.165, 1.54) is 0 Å². The second-order valence-corrected chi connectivity index (χ2v) is 15.0. The standard InChI is InChI=1S/C42H51O7P/c1-32(2)48-50(43,49-33(3)4)26-25-38-27-39(44-28-34-17-9-5-10-18-34)41(46-30-36-21-13-7-14-22-36)42(47-31-37-23-15-8-16-24-37)40(38)45-29-35-19-11-6-12-20-35/h5-26,32-33,38-42H,27-31H2,1-4H3/b26-25+/t38-,39?,40+,41+,42-/m0/s1. The Morgan fingerprint density at radius 2 is 0.900 bits per heavy atom. The largest absolute Gasteiger partial charge is 0.371 e. The van der Waals surface area contributed by atoms with Crippen molar-refractivity contribution < 1.29 is 32.6 Å². The molecule has 0 heterocycles. The molecule has 5 atom stereocenters. The quantitative estimate of drug-likeness (QED) is 0.0958. The van der Waals surface area contributed by atoms with E-state index >= 15 is 0 Å². The lowest BCUT2D eigenvalue weighted by Gasteiger charge is -2.45. The van der Waals surface area contributed by atoms with Gasteiger partial charge in [-0.1, -0.05) is 127 Å². The van der Waals surface area contributed by atoms with Gasteiger partial charge in [-0.05, 0) is 56.4 Å². The van der Waals surface area contributed by atoms with Gasteiger partial charge in [-0.3, -0.25) is 4.57 Å². The molecule has 1 aliphatic rings. The highest BCUT2D eigenvalue weighted by molar-refractivity contribution is 7.57. The van der Waals surface area contributed by atoms with Gasteiger partial charge in [0, 0.05) is 11.7 Å². The zero-order valence-corrected chi connectivity index (χ0v) is 30.5. The molecule has 7 nitrogen and oxygen atoms in total. The molecule has 8 heteroatoms. The molecule has 1 fully saturated rings. The minimum atomic E-state index is -3.58. The van der Waals surface area contributed by atoms with Crippen molar-refractivity contribution in [3.63, 3.8) is 0 Å². The predicted octanol–water partition coefficient (Wildman–Crippen LogP) is 9.90. The van der Waals surface area contributed by atoms with E-state index in [2.05, 4.69) is 24.3 Å². The molecule has 4 aromatic rings. The minimum Gasteiger partial charge on any atom is -0.371 e. The van der Waals surface area contributed by atoms with Crippen molar-refractivity contribution in [2.45, 2.75) is 97.2 Å². The first-order chi connectivity index (χ1) is 24.3. The fraction of sp³-hybridized carbons (Fsp3) is 0.381. The van der Waals surface area contributed by atoms with E-state index < -0.39 is 25.9 Å². The maximum absolute atomic E-state index is 14.0. The highest BCUT2D eigenvalue weighted by Gasteiger charge is 2.47. The lowest BCUT2D eigenvalue weighted by molar-refractivity contribution is -0.224. The maximum Gasteiger partial charge on any atom is 0.354 e. The molecule has 0 spiro atoms. The molecule has 266 valence electrons. The number of benzene rings is 4. The normalized spacial score (nSPS) is 21.3. The summed E-state index contributed by atoms with van der Waals surface area (Å²) in [6.45, 7) is 8.92. The molecule has 0 N–H and O–H groups in total. The first-order valence-corrected chi connectivity index (χ1v) is 19.2. The van der Waals surface area contributed by atoms with Gasteiger partial charge in [-0.25, -0.2) is 0 Å². The average Bonchev–Trinajstić information content (AvgIpc) is 3.12. The Bertz CT molecular complexity index is 1580. The summed E-state index contributed by atoms with van der Waals surface area (Å²) in [7, 11) is -3.58. The molecular weight excluding hydrogens is 647 g/mol. The van der Waals surface area contributed by atoms with Crippen molar-refractivity contribution in [1.82, 2.24) is 0 Å². The molecule has 0 amide bonds. The third-order valence-corrected chi connectivity index (χ3v) is 10.3. The molecular formula is C42H51O7P. The van der Waals surface area contributed by atoms with Crippen LogP contribution in [0, 0.1) is 5.92 Å². The van der Waals surface area contributed by atoms with Crippen LogP contribution >= 0.6 is 7.60 Å². The molecule has 0 saturated heterocycles. The van der Waals surface area contributed by atoms with Crippen molar-refractivity contribution in [3.8, 4) is 0 Å². The van der Waals surface area contributed by atoms with Crippen LogP contribution in [0.25, 0.3) is 0 Å². The van der Waals surface area contributed by atoms with Gasteiger partial charge in [-0.2, -0.15) is 0 Å². The summed E-state index contributed by atoms with van der Waals surface area (Å²) in [5.74, 6) is 1.33. The number of hydrogen-bond acceptors (Lipinski definition) is 7.